The van der Waals surface area contributed by atoms with Gasteiger partial charge in [0.2, 0.25) is 0 Å². The molecule has 0 saturated carbocycles. The molecule has 4 rings (SSSR count). The summed E-state index contributed by atoms with van der Waals surface area (Å²) in [5.74, 6) is -1.55. The third-order valence-electron chi connectivity index (χ3n) is 11.9. The van der Waals surface area contributed by atoms with E-state index in [1.165, 1.54) is 18.2 Å². The average Bonchev–Trinajstić information content (AvgIpc) is 0.838. The molecule has 528 valence electrons. The lowest BCUT2D eigenvalue weighted by molar-refractivity contribution is -0.491. The Labute approximate surface area is 566 Å². The minimum absolute atomic E-state index is 0.00292. The monoisotopic (exact) mass is 1370 g/mol. The first-order valence-electron chi connectivity index (χ1n) is 30.3. The van der Waals surface area contributed by atoms with Crippen LogP contribution in [-0.4, -0.2) is 175 Å². The Bertz CT molecular complexity index is 3320. The van der Waals surface area contributed by atoms with Crippen LogP contribution in [0.5, 0.6) is 34.5 Å². The van der Waals surface area contributed by atoms with E-state index >= 15 is 0 Å². The van der Waals surface area contributed by atoms with E-state index in [4.69, 9.17) is 90.6 Å². The largest absolute Gasteiger partial charge is 0.487 e. The van der Waals surface area contributed by atoms with E-state index in [0.717, 1.165) is 37.0 Å². The maximum Gasteiger partial charge on any atom is 0.336 e. The molecule has 0 aliphatic heterocycles. The zero-order valence-electron chi connectivity index (χ0n) is 54.2. The number of hydrogen-bond donors (Lipinski definition) is 0. The number of fused-ring (bicyclic) bond motifs is 1. The molecule has 0 fully saturated rings. The van der Waals surface area contributed by atoms with Gasteiger partial charge in [-0.2, -0.15) is 14.7 Å². The second-order valence-corrected chi connectivity index (χ2v) is 18.7. The Morgan fingerprint density at radius 3 is 1.28 bits per heavy atom. The molecule has 0 heterocycles. The fraction of sp³-hybridized carbons (Fsp3) is 0.343. The summed E-state index contributed by atoms with van der Waals surface area (Å²) in [6.45, 7) is 22.1. The number of carbonyl (C=O) groups is 5. The van der Waals surface area contributed by atoms with Gasteiger partial charge in [-0.15, -0.1) is 0 Å². The molecule has 0 aromatic heterocycles. The van der Waals surface area contributed by atoms with E-state index in [-0.39, 0.29) is 169 Å². The Morgan fingerprint density at radius 1 is 0.367 bits per heavy atom. The summed E-state index contributed by atoms with van der Waals surface area (Å²) >= 11 is 0. The van der Waals surface area contributed by atoms with Crippen molar-refractivity contribution in [3.63, 3.8) is 0 Å². The van der Waals surface area contributed by atoms with Crippen LogP contribution in [0.3, 0.4) is 0 Å². The van der Waals surface area contributed by atoms with Crippen LogP contribution >= 0.6 is 0 Å². The highest BCUT2D eigenvalue weighted by Crippen LogP contribution is 2.38. The second-order valence-electron chi connectivity index (χ2n) is 18.7. The van der Waals surface area contributed by atoms with Crippen molar-refractivity contribution in [3.05, 3.63) is 189 Å². The number of carbonyl (C=O) groups excluding carboxylic acids is 5. The zero-order chi connectivity index (χ0) is 70.3. The number of ether oxygens (including phenoxy) is 15. The SMILES string of the molecule is C=C=COOCCOCCOc1c(CCOCCOOOC=C=C)ccc(C=CC(=O)Oc2ccc3cc(OC(=O)C=Cc4ccc(OCCOCCOC(=O)C=C)c(OCCOCCOC(=O)C=C)c4CCOCCOOOC=C=C)ccc3c2)c1OCCOCCOC(=O)C=C. The lowest BCUT2D eigenvalue weighted by atomic mass is 10.0. The Kier molecular flexibility index (Phi) is 42.8. The van der Waals surface area contributed by atoms with Gasteiger partial charge in [-0.05, 0) is 75.3 Å². The fourth-order valence-corrected chi connectivity index (χ4v) is 7.70. The zero-order valence-corrected chi connectivity index (χ0v) is 54.2. The van der Waals surface area contributed by atoms with Gasteiger partial charge in [-0.1, -0.05) is 87.0 Å². The highest BCUT2D eigenvalue weighted by Gasteiger charge is 2.19. The van der Waals surface area contributed by atoms with Gasteiger partial charge in [-0.25, -0.2) is 24.0 Å². The van der Waals surface area contributed by atoms with Crippen LogP contribution in [0.25, 0.3) is 22.9 Å². The average molecular weight is 1370 g/mol. The molecule has 4 aromatic carbocycles. The third kappa shape index (κ3) is 35.1. The van der Waals surface area contributed by atoms with E-state index in [9.17, 15) is 24.0 Å². The smallest absolute Gasteiger partial charge is 0.336 e. The topological polar surface area (TPSA) is 298 Å². The molecule has 28 heteroatoms. The first-order chi connectivity index (χ1) is 48.0. The molecule has 0 unspecified atom stereocenters. The molecule has 0 N–H and O–H groups in total. The molecule has 0 aliphatic rings. The molecule has 0 bridgehead atoms. The molecule has 98 heavy (non-hydrogen) atoms. The lowest BCUT2D eigenvalue weighted by Gasteiger charge is -2.19. The van der Waals surface area contributed by atoms with Crippen molar-refractivity contribution in [1.29, 1.82) is 0 Å². The van der Waals surface area contributed by atoms with Crippen LogP contribution in [-0.2, 0) is 119 Å². The minimum Gasteiger partial charge on any atom is -0.487 e. The predicted octanol–water partition coefficient (Wildman–Crippen LogP) is 8.57. The number of benzene rings is 4. The van der Waals surface area contributed by atoms with Crippen LogP contribution in [0.1, 0.15) is 22.3 Å². The van der Waals surface area contributed by atoms with Crippen molar-refractivity contribution in [2.45, 2.75) is 12.8 Å². The second kappa shape index (κ2) is 52.1. The highest BCUT2D eigenvalue weighted by atomic mass is 17.5. The van der Waals surface area contributed by atoms with Crippen LogP contribution in [0.4, 0.5) is 0 Å². The predicted molar refractivity (Wildman–Crippen MR) is 348 cm³/mol. The Morgan fingerprint density at radius 2 is 0.776 bits per heavy atom. The lowest BCUT2D eigenvalue weighted by Crippen LogP contribution is -2.15. The maximum absolute atomic E-state index is 13.5. The van der Waals surface area contributed by atoms with Crippen LogP contribution < -0.4 is 28.4 Å². The molecule has 28 nitrogen and oxygen atoms in total. The van der Waals surface area contributed by atoms with Crippen LogP contribution in [0.15, 0.2) is 166 Å². The molecular weight excluding hydrogens is 1290 g/mol. The first kappa shape index (κ1) is 80.3. The van der Waals surface area contributed by atoms with Crippen molar-refractivity contribution in [3.8, 4) is 34.5 Å². The molecular formula is C70H80O28. The van der Waals surface area contributed by atoms with E-state index < -0.39 is 29.8 Å². The van der Waals surface area contributed by atoms with Crippen LogP contribution in [0.2, 0.25) is 0 Å². The summed E-state index contributed by atoms with van der Waals surface area (Å²) < 4.78 is 85.5. The fourth-order valence-electron chi connectivity index (χ4n) is 7.70. The molecule has 0 spiro atoms. The van der Waals surface area contributed by atoms with E-state index in [0.29, 0.717) is 56.7 Å². The summed E-state index contributed by atoms with van der Waals surface area (Å²) in [5, 5.41) is 10.4. The molecule has 4 aromatic rings. The summed E-state index contributed by atoms with van der Waals surface area (Å²) in [5.41, 5.74) is 9.40. The third-order valence-corrected chi connectivity index (χ3v) is 11.9. The van der Waals surface area contributed by atoms with Crippen molar-refractivity contribution >= 4 is 52.8 Å². The summed E-state index contributed by atoms with van der Waals surface area (Å²) in [7, 11) is 0. The molecule has 0 atom stereocenters. The van der Waals surface area contributed by atoms with E-state index in [2.05, 4.69) is 76.5 Å². The van der Waals surface area contributed by atoms with E-state index in [1.807, 2.05) is 0 Å². The number of esters is 5. The van der Waals surface area contributed by atoms with Gasteiger partial charge in [0.15, 0.2) is 41.8 Å². The highest BCUT2D eigenvalue weighted by molar-refractivity contribution is 5.93. The number of hydrogen-bond acceptors (Lipinski definition) is 28. The molecule has 0 amide bonds. The maximum atomic E-state index is 13.5. The van der Waals surface area contributed by atoms with Gasteiger partial charge >= 0.3 is 29.8 Å². The quantitative estimate of drug-likeness (QED) is 0.00460. The molecule has 0 saturated heterocycles. The van der Waals surface area contributed by atoms with Gasteiger partial charge in [0.1, 0.15) is 77.6 Å². The van der Waals surface area contributed by atoms with Gasteiger partial charge in [0.25, 0.3) is 0 Å². The van der Waals surface area contributed by atoms with Crippen molar-refractivity contribution < 1.29 is 134 Å². The summed E-state index contributed by atoms with van der Waals surface area (Å²) in [4.78, 5) is 90.2. The van der Waals surface area contributed by atoms with Crippen molar-refractivity contribution in [1.82, 2.24) is 0 Å². The van der Waals surface area contributed by atoms with E-state index in [1.54, 1.807) is 66.7 Å². The van der Waals surface area contributed by atoms with Gasteiger partial charge in [0, 0.05) is 53.5 Å². The summed E-state index contributed by atoms with van der Waals surface area (Å²) in [6, 6.07) is 16.8. The standard InChI is InChI=1S/C70H80O28/c1-7-27-89-90-49-39-81-37-47-87-69-56(25-30-76-40-50-93-97-91-28-8-2)14-13-55(68(69)86-46-36-79-34-44-84-64(72)11-5)19-24-67(75)96-60-21-16-57-52-59(20-15-58(57)53-60)95-66(74)23-18-54-17-22-62(82-42-32-78-33-43-83-63(71)10-4)70(88-48-38-80-35-45-85-65(73)12-6)61(54)26-31-77-41-51-94-98-92-29-9-3/h10-24,27-29,52-53H,1-6,25-26,30-51H2. The van der Waals surface area contributed by atoms with Crippen LogP contribution in [0, 0.1) is 0 Å². The molecule has 0 radical (unpaired) electrons. The number of rotatable bonds is 57. The van der Waals surface area contributed by atoms with Crippen molar-refractivity contribution in [2.75, 3.05) is 145 Å². The summed E-state index contributed by atoms with van der Waals surface area (Å²) in [6.07, 6.45) is 12.6. The minimum atomic E-state index is -0.729. The van der Waals surface area contributed by atoms with Gasteiger partial charge < -0.3 is 85.7 Å². The van der Waals surface area contributed by atoms with Crippen molar-refractivity contribution in [2.24, 2.45) is 0 Å². The normalized spacial score (nSPS) is 10.7. The molecule has 0 aliphatic carbocycles. The van der Waals surface area contributed by atoms with Gasteiger partial charge in [0.05, 0.1) is 79.3 Å². The first-order valence-corrected chi connectivity index (χ1v) is 30.3. The van der Waals surface area contributed by atoms with Gasteiger partial charge in [-0.3, -0.25) is 0 Å². The Balaban J connectivity index is 1.53. The Hall–Kier alpha value is -10.1.